The average molecular weight is 997 g/mol. The van der Waals surface area contributed by atoms with E-state index in [0.29, 0.717) is 104 Å². The second kappa shape index (κ2) is 21.6. The van der Waals surface area contributed by atoms with Crippen LogP contribution in [-0.2, 0) is 31.0 Å². The van der Waals surface area contributed by atoms with Crippen LogP contribution in [0.4, 0.5) is 22.1 Å². The Labute approximate surface area is 423 Å². The second-order valence-corrected chi connectivity index (χ2v) is 20.3. The molecule has 3 aromatic heterocycles. The van der Waals surface area contributed by atoms with Gasteiger partial charge < -0.3 is 35.4 Å². The molecule has 1 saturated carbocycles. The van der Waals surface area contributed by atoms with E-state index in [0.717, 1.165) is 41.9 Å². The molecule has 9 rings (SSSR count). The molecule has 2 atom stereocenters. The fraction of sp³-hybridized carbons (Fsp3) is 0.453. The SMILES string of the molecule is COc1ccc(C(=O)N2CCN(CCC(=O)N3CCC/C=C/c4cnc(N)c5c(-c6ccc(CC(=O)Nc7cc(C(C)(C)C)on7)cc6)nc(n45)[C@@H]4CCC[C@H](C4)NC(=O)C3)CC2)cc1N1CCC(=O)NC1=O. The number of allylic oxidation sites excluding steroid dienone is 1. The van der Waals surface area contributed by atoms with E-state index in [1.807, 2.05) is 51.1 Å². The number of ether oxygens (including phenoxy) is 1. The highest BCUT2D eigenvalue weighted by Gasteiger charge is 2.33. The Kier molecular flexibility index (Phi) is 14.9. The van der Waals surface area contributed by atoms with Crippen LogP contribution < -0.4 is 31.3 Å². The molecule has 0 unspecified atom stereocenters. The monoisotopic (exact) mass is 996 g/mol. The van der Waals surface area contributed by atoms with Crippen LogP contribution in [0, 0.1) is 0 Å². The van der Waals surface area contributed by atoms with E-state index >= 15 is 0 Å². The first-order valence-corrected chi connectivity index (χ1v) is 25.2. The number of urea groups is 1. The summed E-state index contributed by atoms with van der Waals surface area (Å²) in [4.78, 5) is 95.7. The molecule has 6 heterocycles. The standard InChI is InChI=1S/C53H64N12O8/c1-53(2,3)41-30-42(60-73-41)57-44(67)27-33-12-14-34(15-13-33)47-48-49(54)55-31-38-11-6-5-7-20-63(32-45(68)56-37-10-8-9-35(28-37)50(59-47)65(38)48)46(69)19-21-61-23-25-62(26-24-61)51(70)36-16-17-40(72-4)39(29-36)64-22-18-43(66)58-52(64)71/h6,11-17,29-31,35,37H,5,7-10,18-28,32H2,1-4H3,(H2,54,55)(H,56,68)(H,57,60,67)(H,58,66,71)/b11-6+/t35-,37-/m1/s1. The maximum Gasteiger partial charge on any atom is 0.328 e. The zero-order valence-corrected chi connectivity index (χ0v) is 41.9. The molecule has 7 amide bonds. The van der Waals surface area contributed by atoms with Crippen LogP contribution in [0.25, 0.3) is 22.9 Å². The van der Waals surface area contributed by atoms with Gasteiger partial charge >= 0.3 is 6.03 Å². The predicted octanol–water partition coefficient (Wildman–Crippen LogP) is 5.53. The number of fused-ring (bicyclic) bond motifs is 3. The van der Waals surface area contributed by atoms with Crippen LogP contribution in [0.15, 0.2) is 65.3 Å². The van der Waals surface area contributed by atoms with Gasteiger partial charge in [0, 0.05) is 93.2 Å². The number of rotatable bonds is 10. The molecule has 1 aliphatic carbocycles. The van der Waals surface area contributed by atoms with Gasteiger partial charge in [0.1, 0.15) is 34.4 Å². The molecule has 20 heteroatoms. The summed E-state index contributed by atoms with van der Waals surface area (Å²) in [6, 6.07) is 13.7. The number of hydrogen-bond donors (Lipinski definition) is 4. The van der Waals surface area contributed by atoms with Gasteiger partial charge in [-0.3, -0.25) is 43.5 Å². The van der Waals surface area contributed by atoms with Crippen LogP contribution in [0.1, 0.15) is 111 Å². The summed E-state index contributed by atoms with van der Waals surface area (Å²) < 4.78 is 13.0. The van der Waals surface area contributed by atoms with Crippen LogP contribution >= 0.6 is 0 Å². The number of nitrogens with one attached hydrogen (secondary N) is 3. The zero-order chi connectivity index (χ0) is 51.4. The molecule has 73 heavy (non-hydrogen) atoms. The average Bonchev–Trinajstić information content (AvgIpc) is 4.02. The number of nitrogens with two attached hydrogens (primary N) is 1. The number of carbonyl (C=O) groups excluding carboxylic acids is 6. The molecular weight excluding hydrogens is 933 g/mol. The summed E-state index contributed by atoms with van der Waals surface area (Å²) in [7, 11) is 1.48. The minimum Gasteiger partial charge on any atom is -0.495 e. The summed E-state index contributed by atoms with van der Waals surface area (Å²) in [6.07, 6.45) is 10.8. The van der Waals surface area contributed by atoms with E-state index < -0.39 is 6.03 Å². The molecule has 2 bridgehead atoms. The number of piperazine rings is 1. The van der Waals surface area contributed by atoms with Crippen molar-refractivity contribution in [3.8, 4) is 17.0 Å². The van der Waals surface area contributed by atoms with E-state index in [1.54, 1.807) is 40.3 Å². The van der Waals surface area contributed by atoms with E-state index in [1.165, 1.54) is 12.0 Å². The Morgan fingerprint density at radius 3 is 2.47 bits per heavy atom. The number of nitrogens with zero attached hydrogens (tertiary/aromatic N) is 8. The van der Waals surface area contributed by atoms with Gasteiger partial charge in [0.25, 0.3) is 5.91 Å². The van der Waals surface area contributed by atoms with Crippen LogP contribution in [0.2, 0.25) is 0 Å². The topological polar surface area (TPSA) is 243 Å². The van der Waals surface area contributed by atoms with Crippen LogP contribution in [-0.4, -0.2) is 135 Å². The number of carbonyl (C=O) groups is 6. The first-order valence-electron chi connectivity index (χ1n) is 25.2. The number of imidazole rings is 1. The number of nitrogen functional groups attached to an aromatic ring is 1. The molecular formula is C53H64N12O8. The van der Waals surface area contributed by atoms with E-state index in [9.17, 15) is 28.8 Å². The molecule has 0 radical (unpaired) electrons. The number of anilines is 3. The lowest BCUT2D eigenvalue weighted by Crippen LogP contribution is -2.50. The first kappa shape index (κ1) is 50.3. The molecule has 3 aliphatic heterocycles. The van der Waals surface area contributed by atoms with Crippen molar-refractivity contribution in [3.05, 3.63) is 89.2 Å². The zero-order valence-electron chi connectivity index (χ0n) is 41.9. The van der Waals surface area contributed by atoms with Crippen LogP contribution in [0.3, 0.4) is 0 Å². The Hall–Kier alpha value is -7.61. The van der Waals surface area contributed by atoms with Crippen molar-refractivity contribution in [1.82, 2.24) is 44.9 Å². The number of methoxy groups -OCH3 is 1. The summed E-state index contributed by atoms with van der Waals surface area (Å²) >= 11 is 0. The minimum absolute atomic E-state index is 0.00399. The summed E-state index contributed by atoms with van der Waals surface area (Å²) in [5.74, 6) is 1.60. The van der Waals surface area contributed by atoms with Gasteiger partial charge in [0.2, 0.25) is 23.6 Å². The number of imide groups is 1. The summed E-state index contributed by atoms with van der Waals surface area (Å²) in [6.45, 7) is 9.08. The van der Waals surface area contributed by atoms with E-state index in [4.69, 9.17) is 20.0 Å². The van der Waals surface area contributed by atoms with Gasteiger partial charge in [-0.1, -0.05) is 62.7 Å². The second-order valence-electron chi connectivity index (χ2n) is 20.3. The van der Waals surface area contributed by atoms with Gasteiger partial charge in [-0.2, -0.15) is 0 Å². The third-order valence-corrected chi connectivity index (χ3v) is 14.1. The fourth-order valence-corrected chi connectivity index (χ4v) is 10.1. The molecule has 2 saturated heterocycles. The Balaban J connectivity index is 0.836. The highest BCUT2D eigenvalue weighted by atomic mass is 16.5. The van der Waals surface area contributed by atoms with Crippen molar-refractivity contribution in [2.24, 2.45) is 0 Å². The first-order chi connectivity index (χ1) is 35.1. The lowest BCUT2D eigenvalue weighted by atomic mass is 9.85. The molecule has 20 nitrogen and oxygen atoms in total. The van der Waals surface area contributed by atoms with Crippen molar-refractivity contribution in [2.75, 3.05) is 75.4 Å². The van der Waals surface area contributed by atoms with Gasteiger partial charge in [-0.15, -0.1) is 0 Å². The van der Waals surface area contributed by atoms with Crippen LogP contribution in [0.5, 0.6) is 5.75 Å². The number of benzene rings is 2. The molecule has 384 valence electrons. The number of aromatic nitrogens is 4. The maximum absolute atomic E-state index is 13.9. The number of amides is 7. The van der Waals surface area contributed by atoms with Crippen molar-refractivity contribution < 1.29 is 38.0 Å². The predicted molar refractivity (Wildman–Crippen MR) is 274 cm³/mol. The van der Waals surface area contributed by atoms with Gasteiger partial charge in [0.05, 0.1) is 37.7 Å². The van der Waals surface area contributed by atoms with Gasteiger partial charge in [-0.25, -0.2) is 14.8 Å². The third kappa shape index (κ3) is 11.5. The normalized spacial score (nSPS) is 19.7. The Morgan fingerprint density at radius 1 is 0.932 bits per heavy atom. The lowest BCUT2D eigenvalue weighted by Gasteiger charge is -2.35. The molecule has 5 N–H and O–H groups in total. The van der Waals surface area contributed by atoms with Gasteiger partial charge in [-0.05, 0) is 61.9 Å². The van der Waals surface area contributed by atoms with Crippen molar-refractivity contribution >= 4 is 64.5 Å². The largest absolute Gasteiger partial charge is 0.495 e. The molecule has 4 aliphatic rings. The smallest absolute Gasteiger partial charge is 0.328 e. The minimum atomic E-state index is -0.565. The highest BCUT2D eigenvalue weighted by Crippen LogP contribution is 2.38. The van der Waals surface area contributed by atoms with Crippen molar-refractivity contribution in [1.29, 1.82) is 0 Å². The number of hydrogen-bond acceptors (Lipinski definition) is 13. The summed E-state index contributed by atoms with van der Waals surface area (Å²) in [5, 5.41) is 12.4. The van der Waals surface area contributed by atoms with Crippen molar-refractivity contribution in [2.45, 2.75) is 95.9 Å². The molecule has 5 aromatic rings. The quantitative estimate of drug-likeness (QED) is 0.135. The molecule has 0 spiro atoms. The molecule has 2 aromatic carbocycles. The highest BCUT2D eigenvalue weighted by molar-refractivity contribution is 6.07. The Bertz CT molecular complexity index is 2930. The van der Waals surface area contributed by atoms with E-state index in [2.05, 4.69) is 41.5 Å². The third-order valence-electron chi connectivity index (χ3n) is 14.1. The molecule has 3 fully saturated rings. The maximum atomic E-state index is 13.9. The van der Waals surface area contributed by atoms with E-state index in [-0.39, 0.29) is 79.3 Å². The Morgan fingerprint density at radius 2 is 1.73 bits per heavy atom. The van der Waals surface area contributed by atoms with Crippen molar-refractivity contribution in [3.63, 3.8) is 0 Å². The van der Waals surface area contributed by atoms with Gasteiger partial charge in [0.15, 0.2) is 5.82 Å². The lowest BCUT2D eigenvalue weighted by molar-refractivity contribution is -0.136. The summed E-state index contributed by atoms with van der Waals surface area (Å²) in [5.41, 5.74) is 11.1. The fourth-order valence-electron chi connectivity index (χ4n) is 10.1.